The minimum Gasteiger partial charge on any atom is -0.322 e. The maximum absolute atomic E-state index is 11.9. The lowest BCUT2D eigenvalue weighted by molar-refractivity contribution is -0.128. The highest BCUT2D eigenvalue weighted by Crippen LogP contribution is 2.22. The van der Waals surface area contributed by atoms with Gasteiger partial charge in [0.2, 0.25) is 5.91 Å². The fourth-order valence-electron chi connectivity index (χ4n) is 2.56. The molecule has 3 heteroatoms. The molecule has 0 aliphatic carbocycles. The summed E-state index contributed by atoms with van der Waals surface area (Å²) in [6.45, 7) is 5.81. The molecule has 0 radical (unpaired) electrons. The Labute approximate surface area is 116 Å². The van der Waals surface area contributed by atoms with Crippen molar-refractivity contribution in [1.82, 2.24) is 10.2 Å². The van der Waals surface area contributed by atoms with Crippen LogP contribution in [0, 0.1) is 5.92 Å². The van der Waals surface area contributed by atoms with E-state index in [-0.39, 0.29) is 12.1 Å². The summed E-state index contributed by atoms with van der Waals surface area (Å²) in [6, 6.07) is 10.2. The number of rotatable bonds is 6. The SMILES string of the molecule is CC(C)CCCCN1C(=O)CNC1c1ccccc1. The van der Waals surface area contributed by atoms with Crippen molar-refractivity contribution < 1.29 is 4.79 Å². The van der Waals surface area contributed by atoms with Gasteiger partial charge in [0.15, 0.2) is 0 Å². The number of nitrogens with one attached hydrogen (secondary N) is 1. The first-order valence-electron chi connectivity index (χ1n) is 7.26. The van der Waals surface area contributed by atoms with Crippen LogP contribution in [0.2, 0.25) is 0 Å². The van der Waals surface area contributed by atoms with Gasteiger partial charge in [-0.25, -0.2) is 0 Å². The third kappa shape index (κ3) is 3.80. The molecule has 1 amide bonds. The van der Waals surface area contributed by atoms with E-state index in [1.165, 1.54) is 18.4 Å². The largest absolute Gasteiger partial charge is 0.322 e. The second-order valence-corrected chi connectivity index (χ2v) is 5.67. The molecule has 1 N–H and O–H groups in total. The van der Waals surface area contributed by atoms with E-state index in [1.807, 2.05) is 23.1 Å². The Hall–Kier alpha value is -1.35. The molecule has 0 saturated carbocycles. The van der Waals surface area contributed by atoms with Crippen molar-refractivity contribution in [1.29, 1.82) is 0 Å². The lowest BCUT2D eigenvalue weighted by atomic mass is 10.1. The Balaban J connectivity index is 1.91. The summed E-state index contributed by atoms with van der Waals surface area (Å²) in [7, 11) is 0. The van der Waals surface area contributed by atoms with Crippen LogP contribution < -0.4 is 5.32 Å². The Morgan fingerprint density at radius 1 is 1.26 bits per heavy atom. The highest BCUT2D eigenvalue weighted by atomic mass is 16.2. The minimum atomic E-state index is 0.0627. The molecule has 1 aliphatic heterocycles. The van der Waals surface area contributed by atoms with Gasteiger partial charge < -0.3 is 4.90 Å². The third-order valence-corrected chi connectivity index (χ3v) is 3.62. The van der Waals surface area contributed by atoms with E-state index in [4.69, 9.17) is 0 Å². The van der Waals surface area contributed by atoms with Crippen LogP contribution in [0.4, 0.5) is 0 Å². The maximum Gasteiger partial charge on any atom is 0.238 e. The molecule has 1 aliphatic rings. The Morgan fingerprint density at radius 3 is 2.68 bits per heavy atom. The first-order chi connectivity index (χ1) is 9.18. The molecule has 1 unspecified atom stereocenters. The van der Waals surface area contributed by atoms with Crippen molar-refractivity contribution in [3.05, 3.63) is 35.9 Å². The molecule has 3 nitrogen and oxygen atoms in total. The van der Waals surface area contributed by atoms with Gasteiger partial charge in [-0.05, 0) is 17.9 Å². The van der Waals surface area contributed by atoms with Gasteiger partial charge in [0.25, 0.3) is 0 Å². The van der Waals surface area contributed by atoms with Gasteiger partial charge in [-0.3, -0.25) is 10.1 Å². The second kappa shape index (κ2) is 6.71. The number of hydrogen-bond donors (Lipinski definition) is 1. The quantitative estimate of drug-likeness (QED) is 0.798. The topological polar surface area (TPSA) is 32.3 Å². The summed E-state index contributed by atoms with van der Waals surface area (Å²) in [5, 5.41) is 3.30. The van der Waals surface area contributed by atoms with E-state index in [0.29, 0.717) is 6.54 Å². The van der Waals surface area contributed by atoms with Gasteiger partial charge in [0.05, 0.1) is 6.54 Å². The van der Waals surface area contributed by atoms with Crippen molar-refractivity contribution in [3.63, 3.8) is 0 Å². The van der Waals surface area contributed by atoms with E-state index in [0.717, 1.165) is 18.9 Å². The number of nitrogens with zero attached hydrogens (tertiary/aromatic N) is 1. The maximum atomic E-state index is 11.9. The molecule has 0 spiro atoms. The van der Waals surface area contributed by atoms with Crippen LogP contribution in [-0.2, 0) is 4.79 Å². The summed E-state index contributed by atoms with van der Waals surface area (Å²) in [5.41, 5.74) is 1.18. The van der Waals surface area contributed by atoms with Crippen LogP contribution in [0.25, 0.3) is 0 Å². The summed E-state index contributed by atoms with van der Waals surface area (Å²) in [6.07, 6.45) is 3.59. The lowest BCUT2D eigenvalue weighted by Crippen LogP contribution is -2.31. The average Bonchev–Trinajstić information content (AvgIpc) is 2.77. The molecule has 1 heterocycles. The van der Waals surface area contributed by atoms with Crippen LogP contribution in [0.15, 0.2) is 30.3 Å². The fraction of sp³-hybridized carbons (Fsp3) is 0.562. The van der Waals surface area contributed by atoms with Crippen LogP contribution in [0.5, 0.6) is 0 Å². The van der Waals surface area contributed by atoms with Crippen LogP contribution >= 0.6 is 0 Å². The molecule has 1 fully saturated rings. The van der Waals surface area contributed by atoms with Crippen molar-refractivity contribution in [2.45, 2.75) is 39.3 Å². The minimum absolute atomic E-state index is 0.0627. The van der Waals surface area contributed by atoms with Crippen molar-refractivity contribution in [2.75, 3.05) is 13.1 Å². The predicted molar refractivity (Wildman–Crippen MR) is 77.6 cm³/mol. The number of carbonyl (C=O) groups is 1. The number of benzene rings is 1. The number of hydrogen-bond acceptors (Lipinski definition) is 2. The van der Waals surface area contributed by atoms with Crippen LogP contribution in [0.1, 0.15) is 44.8 Å². The van der Waals surface area contributed by atoms with Gasteiger partial charge in [0, 0.05) is 6.54 Å². The third-order valence-electron chi connectivity index (χ3n) is 3.62. The van der Waals surface area contributed by atoms with Crippen molar-refractivity contribution in [2.24, 2.45) is 5.92 Å². The molecule has 1 aromatic carbocycles. The van der Waals surface area contributed by atoms with Crippen LogP contribution in [0.3, 0.4) is 0 Å². The van der Waals surface area contributed by atoms with Gasteiger partial charge in [-0.1, -0.05) is 57.0 Å². The molecular weight excluding hydrogens is 236 g/mol. The monoisotopic (exact) mass is 260 g/mol. The molecular formula is C16H24N2O. The zero-order chi connectivity index (χ0) is 13.7. The predicted octanol–water partition coefficient (Wildman–Crippen LogP) is 2.94. The summed E-state index contributed by atoms with van der Waals surface area (Å²) < 4.78 is 0. The highest BCUT2D eigenvalue weighted by molar-refractivity contribution is 5.80. The normalized spacial score (nSPS) is 19.4. The van der Waals surface area contributed by atoms with Gasteiger partial charge in [0.1, 0.15) is 6.17 Å². The standard InChI is InChI=1S/C16H24N2O/c1-13(2)8-6-7-11-18-15(19)12-17-16(18)14-9-4-3-5-10-14/h3-5,9-10,13,16-17H,6-8,11-12H2,1-2H3. The van der Waals surface area contributed by atoms with Crippen molar-refractivity contribution in [3.8, 4) is 0 Å². The average molecular weight is 260 g/mol. The first-order valence-corrected chi connectivity index (χ1v) is 7.26. The zero-order valence-electron chi connectivity index (χ0n) is 11.9. The molecule has 1 aromatic rings. The molecule has 0 aromatic heterocycles. The van der Waals surface area contributed by atoms with Gasteiger partial charge >= 0.3 is 0 Å². The fourth-order valence-corrected chi connectivity index (χ4v) is 2.56. The molecule has 0 bridgehead atoms. The van der Waals surface area contributed by atoms with E-state index < -0.39 is 0 Å². The second-order valence-electron chi connectivity index (χ2n) is 5.67. The summed E-state index contributed by atoms with van der Waals surface area (Å²) in [4.78, 5) is 13.9. The molecule has 1 atom stereocenters. The first kappa shape index (κ1) is 14.1. The van der Waals surface area contributed by atoms with Crippen LogP contribution in [-0.4, -0.2) is 23.9 Å². The molecule has 2 rings (SSSR count). The lowest BCUT2D eigenvalue weighted by Gasteiger charge is -2.24. The highest BCUT2D eigenvalue weighted by Gasteiger charge is 2.30. The zero-order valence-corrected chi connectivity index (χ0v) is 11.9. The molecule has 1 saturated heterocycles. The Morgan fingerprint density at radius 2 is 2.00 bits per heavy atom. The summed E-state index contributed by atoms with van der Waals surface area (Å²) >= 11 is 0. The molecule has 19 heavy (non-hydrogen) atoms. The summed E-state index contributed by atoms with van der Waals surface area (Å²) in [5.74, 6) is 0.968. The smallest absolute Gasteiger partial charge is 0.238 e. The van der Waals surface area contributed by atoms with E-state index >= 15 is 0 Å². The number of unbranched alkanes of at least 4 members (excludes halogenated alkanes) is 1. The Kier molecular flexibility index (Phi) is 4.97. The van der Waals surface area contributed by atoms with E-state index in [1.54, 1.807) is 0 Å². The van der Waals surface area contributed by atoms with Gasteiger partial charge in [-0.2, -0.15) is 0 Å². The van der Waals surface area contributed by atoms with Gasteiger partial charge in [-0.15, -0.1) is 0 Å². The van der Waals surface area contributed by atoms with E-state index in [2.05, 4.69) is 31.3 Å². The van der Waals surface area contributed by atoms with Crippen molar-refractivity contribution >= 4 is 5.91 Å². The Bertz CT molecular complexity index is 402. The molecule has 104 valence electrons. The number of carbonyl (C=O) groups excluding carboxylic acids is 1. The number of amides is 1. The van der Waals surface area contributed by atoms with E-state index in [9.17, 15) is 4.79 Å².